The Morgan fingerprint density at radius 3 is 2.84 bits per heavy atom. The van der Waals surface area contributed by atoms with Crippen molar-refractivity contribution in [1.29, 1.82) is 0 Å². The Kier molecular flexibility index (Phi) is 2.59. The van der Waals surface area contributed by atoms with Crippen LogP contribution in [0.5, 0.6) is 5.75 Å². The van der Waals surface area contributed by atoms with Crippen molar-refractivity contribution in [3.8, 4) is 5.75 Å². The lowest BCUT2D eigenvalue weighted by Crippen LogP contribution is -1.98. The van der Waals surface area contributed by atoms with E-state index in [1.54, 1.807) is 12.3 Å². The molecule has 1 aromatic carbocycles. The number of aromatic nitrogens is 2. The van der Waals surface area contributed by atoms with Gasteiger partial charge in [-0.3, -0.25) is 0 Å². The van der Waals surface area contributed by atoms with Crippen LogP contribution in [0.3, 0.4) is 0 Å². The van der Waals surface area contributed by atoms with Gasteiger partial charge in [-0.05, 0) is 31.2 Å². The smallest absolute Gasteiger partial charge is 0.354 e. The van der Waals surface area contributed by atoms with E-state index in [1.807, 2.05) is 25.1 Å². The summed E-state index contributed by atoms with van der Waals surface area (Å²) in [6.45, 7) is 2.52. The normalized spacial score (nSPS) is 11.0. The third kappa shape index (κ3) is 1.89. The molecule has 2 heterocycles. The number of carbonyl (C=O) groups is 1. The van der Waals surface area contributed by atoms with Crippen LogP contribution in [0, 0.1) is 0 Å². The summed E-state index contributed by atoms with van der Waals surface area (Å²) in [7, 11) is 0. The number of hydrogen-bond acceptors (Lipinski definition) is 3. The minimum Gasteiger partial charge on any atom is -0.494 e. The largest absolute Gasteiger partial charge is 0.494 e. The second-order valence-electron chi connectivity index (χ2n) is 4.19. The first-order valence-corrected chi connectivity index (χ1v) is 5.96. The van der Waals surface area contributed by atoms with Crippen molar-refractivity contribution in [2.24, 2.45) is 0 Å². The van der Waals surface area contributed by atoms with E-state index in [4.69, 9.17) is 9.84 Å². The predicted octanol–water partition coefficient (Wildman–Crippen LogP) is 2.81. The second kappa shape index (κ2) is 4.28. The Morgan fingerprint density at radius 2 is 2.11 bits per heavy atom. The van der Waals surface area contributed by atoms with Gasteiger partial charge in [0.1, 0.15) is 11.4 Å². The van der Waals surface area contributed by atoms with Gasteiger partial charge >= 0.3 is 5.97 Å². The Morgan fingerprint density at radius 1 is 1.32 bits per heavy atom. The highest BCUT2D eigenvalue weighted by Crippen LogP contribution is 2.28. The van der Waals surface area contributed by atoms with E-state index in [2.05, 4.69) is 9.97 Å². The minimum atomic E-state index is -1.03. The van der Waals surface area contributed by atoms with Crippen LogP contribution in [0.15, 0.2) is 30.5 Å². The Bertz CT molecular complexity index is 777. The van der Waals surface area contributed by atoms with E-state index >= 15 is 0 Å². The molecule has 0 spiro atoms. The quantitative estimate of drug-likeness (QED) is 0.755. The molecule has 0 saturated heterocycles. The van der Waals surface area contributed by atoms with Crippen molar-refractivity contribution in [3.63, 3.8) is 0 Å². The zero-order valence-corrected chi connectivity index (χ0v) is 10.3. The number of nitrogens with zero attached hydrogens (tertiary/aromatic N) is 1. The summed E-state index contributed by atoms with van der Waals surface area (Å²) in [4.78, 5) is 18.1. The fraction of sp³-hybridized carbons (Fsp3) is 0.143. The van der Waals surface area contributed by atoms with E-state index in [-0.39, 0.29) is 5.69 Å². The minimum absolute atomic E-state index is 0.0372. The van der Waals surface area contributed by atoms with Crippen molar-refractivity contribution in [3.05, 3.63) is 36.2 Å². The van der Waals surface area contributed by atoms with Crippen LogP contribution in [0.4, 0.5) is 0 Å². The van der Waals surface area contributed by atoms with Gasteiger partial charge in [0.15, 0.2) is 0 Å². The van der Waals surface area contributed by atoms with Crippen molar-refractivity contribution < 1.29 is 14.6 Å². The van der Waals surface area contributed by atoms with Gasteiger partial charge in [0.2, 0.25) is 0 Å². The lowest BCUT2D eigenvalue weighted by atomic mass is 10.1. The summed E-state index contributed by atoms with van der Waals surface area (Å²) in [5, 5.41) is 10.8. The maximum absolute atomic E-state index is 11.0. The van der Waals surface area contributed by atoms with Gasteiger partial charge in [-0.15, -0.1) is 0 Å². The van der Waals surface area contributed by atoms with E-state index in [0.29, 0.717) is 6.61 Å². The molecule has 0 atom stereocenters. The fourth-order valence-electron chi connectivity index (χ4n) is 2.15. The summed E-state index contributed by atoms with van der Waals surface area (Å²) in [5.41, 5.74) is 1.78. The van der Waals surface area contributed by atoms with Gasteiger partial charge in [0.25, 0.3) is 0 Å². The van der Waals surface area contributed by atoms with Gasteiger partial charge in [-0.2, -0.15) is 0 Å². The van der Waals surface area contributed by atoms with E-state index in [1.165, 1.54) is 0 Å². The van der Waals surface area contributed by atoms with Crippen molar-refractivity contribution in [1.82, 2.24) is 9.97 Å². The standard InChI is InChI=1S/C14H12N2O3/c1-2-19-8-3-4-11-9(5-8)10-6-12(14(17)18)15-7-13(10)16-11/h3-7,16H,2H2,1H3,(H,17,18). The summed E-state index contributed by atoms with van der Waals surface area (Å²) in [5.74, 6) is -0.262. The molecule has 0 aliphatic heterocycles. The molecular weight excluding hydrogens is 244 g/mol. The topological polar surface area (TPSA) is 75.2 Å². The number of carboxylic acids is 1. The maximum Gasteiger partial charge on any atom is 0.354 e. The van der Waals surface area contributed by atoms with Crippen LogP contribution in [-0.2, 0) is 0 Å². The molecule has 2 N–H and O–H groups in total. The molecule has 0 aliphatic rings. The highest BCUT2D eigenvalue weighted by Gasteiger charge is 2.10. The molecule has 3 aromatic rings. The Labute approximate surface area is 108 Å². The van der Waals surface area contributed by atoms with Crippen LogP contribution in [-0.4, -0.2) is 27.7 Å². The van der Waals surface area contributed by atoms with Crippen molar-refractivity contribution in [2.45, 2.75) is 6.92 Å². The molecule has 0 aliphatic carbocycles. The SMILES string of the molecule is CCOc1ccc2[nH]c3cnc(C(=O)O)cc3c2c1. The average molecular weight is 256 g/mol. The molecule has 96 valence electrons. The molecule has 0 unspecified atom stereocenters. The third-order valence-electron chi connectivity index (χ3n) is 2.98. The molecule has 0 amide bonds. The van der Waals surface area contributed by atoms with Gasteiger partial charge in [0, 0.05) is 16.3 Å². The number of fused-ring (bicyclic) bond motifs is 3. The Balaban J connectivity index is 2.28. The second-order valence-corrected chi connectivity index (χ2v) is 4.19. The molecular formula is C14H12N2O3. The van der Waals surface area contributed by atoms with Crippen LogP contribution in [0.25, 0.3) is 21.8 Å². The lowest BCUT2D eigenvalue weighted by molar-refractivity contribution is 0.0691. The molecule has 3 rings (SSSR count). The van der Waals surface area contributed by atoms with E-state index < -0.39 is 5.97 Å². The first-order chi connectivity index (χ1) is 9.19. The van der Waals surface area contributed by atoms with Crippen LogP contribution < -0.4 is 4.74 Å². The highest BCUT2D eigenvalue weighted by molar-refractivity contribution is 6.08. The summed E-state index contributed by atoms with van der Waals surface area (Å²) in [6, 6.07) is 7.28. The zero-order valence-electron chi connectivity index (χ0n) is 10.3. The maximum atomic E-state index is 11.0. The average Bonchev–Trinajstić information content (AvgIpc) is 2.76. The molecule has 0 radical (unpaired) electrons. The molecule has 19 heavy (non-hydrogen) atoms. The third-order valence-corrected chi connectivity index (χ3v) is 2.98. The van der Waals surface area contributed by atoms with E-state index in [0.717, 1.165) is 27.6 Å². The number of ether oxygens (including phenoxy) is 1. The number of carboxylic acid groups (broad SMARTS) is 1. The molecule has 5 heteroatoms. The highest BCUT2D eigenvalue weighted by atomic mass is 16.5. The fourth-order valence-corrected chi connectivity index (χ4v) is 2.15. The van der Waals surface area contributed by atoms with Crippen LogP contribution in [0.1, 0.15) is 17.4 Å². The van der Waals surface area contributed by atoms with Gasteiger partial charge in [-0.25, -0.2) is 9.78 Å². The van der Waals surface area contributed by atoms with Gasteiger partial charge in [0.05, 0.1) is 18.3 Å². The number of benzene rings is 1. The first-order valence-electron chi connectivity index (χ1n) is 5.96. The zero-order chi connectivity index (χ0) is 13.4. The molecule has 0 bridgehead atoms. The number of aromatic amines is 1. The predicted molar refractivity (Wildman–Crippen MR) is 71.7 cm³/mol. The van der Waals surface area contributed by atoms with Gasteiger partial charge in [-0.1, -0.05) is 0 Å². The molecule has 0 fully saturated rings. The first kappa shape index (κ1) is 11.5. The number of pyridine rings is 1. The summed E-state index contributed by atoms with van der Waals surface area (Å²) >= 11 is 0. The summed E-state index contributed by atoms with van der Waals surface area (Å²) in [6.07, 6.45) is 1.54. The van der Waals surface area contributed by atoms with Crippen molar-refractivity contribution in [2.75, 3.05) is 6.61 Å². The lowest BCUT2D eigenvalue weighted by Gasteiger charge is -2.02. The monoisotopic (exact) mass is 256 g/mol. The molecule has 2 aromatic heterocycles. The number of aromatic carboxylic acids is 1. The number of rotatable bonds is 3. The van der Waals surface area contributed by atoms with Crippen molar-refractivity contribution >= 4 is 27.8 Å². The summed E-state index contributed by atoms with van der Waals surface area (Å²) < 4.78 is 5.46. The number of nitrogens with one attached hydrogen (secondary N) is 1. The molecule has 5 nitrogen and oxygen atoms in total. The van der Waals surface area contributed by atoms with Crippen LogP contribution in [0.2, 0.25) is 0 Å². The molecule has 0 saturated carbocycles. The number of H-pyrrole nitrogens is 1. The van der Waals surface area contributed by atoms with Crippen LogP contribution >= 0.6 is 0 Å². The number of hydrogen-bond donors (Lipinski definition) is 2. The van der Waals surface area contributed by atoms with Gasteiger partial charge < -0.3 is 14.8 Å². The Hall–Kier alpha value is -2.56. The van der Waals surface area contributed by atoms with E-state index in [9.17, 15) is 4.79 Å².